The van der Waals surface area contributed by atoms with Gasteiger partial charge in [0.1, 0.15) is 23.6 Å². The predicted molar refractivity (Wildman–Crippen MR) is 96.1 cm³/mol. The maximum Gasteiger partial charge on any atom is 0.336 e. The van der Waals surface area contributed by atoms with Gasteiger partial charge in [-0.05, 0) is 30.7 Å². The van der Waals surface area contributed by atoms with Gasteiger partial charge in [0.2, 0.25) is 0 Å². The topological polar surface area (TPSA) is 76.3 Å². The number of quaternary nitrogens is 1. The van der Waals surface area contributed by atoms with Crippen LogP contribution in [-0.2, 0) is 13.0 Å². The Hall–Kier alpha value is -2.79. The molecule has 3 rings (SSSR count). The largest absolute Gasteiger partial charge is 0.508 e. The van der Waals surface area contributed by atoms with E-state index in [0.29, 0.717) is 17.7 Å². The first-order chi connectivity index (χ1) is 12.1. The molecule has 3 N–H and O–H groups in total. The van der Waals surface area contributed by atoms with Gasteiger partial charge in [-0.25, -0.2) is 4.79 Å². The number of nitrogens with two attached hydrogens (primary N) is 1. The fourth-order valence-electron chi connectivity index (χ4n) is 3.01. The molecule has 0 bridgehead atoms. The molecule has 130 valence electrons. The highest BCUT2D eigenvalue weighted by Gasteiger charge is 2.12. The summed E-state index contributed by atoms with van der Waals surface area (Å²) in [4.78, 5) is 11.8. The summed E-state index contributed by atoms with van der Waals surface area (Å²) >= 11 is 0. The molecule has 1 aromatic heterocycles. The summed E-state index contributed by atoms with van der Waals surface area (Å²) in [5, 5.41) is 12.8. The molecule has 0 aliphatic carbocycles. The maximum absolute atomic E-state index is 11.8. The molecule has 0 saturated heterocycles. The van der Waals surface area contributed by atoms with Crippen LogP contribution >= 0.6 is 0 Å². The highest BCUT2D eigenvalue weighted by molar-refractivity contribution is 5.84. The molecule has 2 aromatic carbocycles. The van der Waals surface area contributed by atoms with Crippen LogP contribution in [0.15, 0.2) is 51.7 Å². The SMILES string of the molecule is COc1ccccc1CC[NH2+]Cc1cc(=O)oc2c(C)c(O)ccc12. The highest BCUT2D eigenvalue weighted by Crippen LogP contribution is 2.27. The molecule has 0 aliphatic heterocycles. The lowest BCUT2D eigenvalue weighted by molar-refractivity contribution is -0.670. The van der Waals surface area contributed by atoms with Crippen molar-refractivity contribution in [1.29, 1.82) is 0 Å². The molecule has 5 heteroatoms. The van der Waals surface area contributed by atoms with Crippen molar-refractivity contribution in [3.63, 3.8) is 0 Å². The second-order valence-electron chi connectivity index (χ2n) is 6.02. The van der Waals surface area contributed by atoms with Gasteiger partial charge >= 0.3 is 5.63 Å². The number of fused-ring (bicyclic) bond motifs is 1. The third-order valence-electron chi connectivity index (χ3n) is 4.39. The van der Waals surface area contributed by atoms with Crippen LogP contribution in [0.4, 0.5) is 0 Å². The Labute approximate surface area is 145 Å². The lowest BCUT2D eigenvalue weighted by atomic mass is 10.1. The van der Waals surface area contributed by atoms with Crippen LogP contribution in [0.25, 0.3) is 11.0 Å². The van der Waals surface area contributed by atoms with Gasteiger partial charge in [-0.15, -0.1) is 0 Å². The molecule has 0 aliphatic rings. The van der Waals surface area contributed by atoms with Gasteiger partial charge in [-0.1, -0.05) is 18.2 Å². The summed E-state index contributed by atoms with van der Waals surface area (Å²) in [6, 6.07) is 12.9. The molecule has 3 aromatic rings. The monoisotopic (exact) mass is 340 g/mol. The number of phenols is 1. The van der Waals surface area contributed by atoms with Crippen molar-refractivity contribution in [2.24, 2.45) is 0 Å². The lowest BCUT2D eigenvalue weighted by Gasteiger charge is -2.09. The van der Waals surface area contributed by atoms with E-state index in [2.05, 4.69) is 11.4 Å². The molecule has 1 heterocycles. The van der Waals surface area contributed by atoms with Crippen molar-refractivity contribution < 1.29 is 19.6 Å². The fourth-order valence-corrected chi connectivity index (χ4v) is 3.01. The maximum atomic E-state index is 11.8. The van der Waals surface area contributed by atoms with Crippen molar-refractivity contribution >= 4 is 11.0 Å². The zero-order chi connectivity index (χ0) is 17.8. The molecule has 25 heavy (non-hydrogen) atoms. The van der Waals surface area contributed by atoms with Crippen LogP contribution < -0.4 is 15.7 Å². The van der Waals surface area contributed by atoms with Crippen molar-refractivity contribution in [2.75, 3.05) is 13.7 Å². The first-order valence-electron chi connectivity index (χ1n) is 8.29. The zero-order valence-corrected chi connectivity index (χ0v) is 14.4. The fraction of sp³-hybridized carbons (Fsp3) is 0.250. The Morgan fingerprint density at radius 1 is 1.16 bits per heavy atom. The summed E-state index contributed by atoms with van der Waals surface area (Å²) in [6.07, 6.45) is 0.878. The second-order valence-corrected chi connectivity index (χ2v) is 6.02. The van der Waals surface area contributed by atoms with Crippen molar-refractivity contribution in [1.82, 2.24) is 0 Å². The number of ether oxygens (including phenoxy) is 1. The highest BCUT2D eigenvalue weighted by atomic mass is 16.5. The van der Waals surface area contributed by atoms with Gasteiger partial charge in [0.05, 0.1) is 13.7 Å². The third kappa shape index (κ3) is 3.67. The number of aromatic hydroxyl groups is 1. The molecule has 0 saturated carbocycles. The summed E-state index contributed by atoms with van der Waals surface area (Å²) in [7, 11) is 1.68. The Balaban J connectivity index is 1.73. The van der Waals surface area contributed by atoms with E-state index < -0.39 is 5.63 Å². The lowest BCUT2D eigenvalue weighted by Crippen LogP contribution is -2.83. The summed E-state index contributed by atoms with van der Waals surface area (Å²) in [5.74, 6) is 1.03. The van der Waals surface area contributed by atoms with Crippen molar-refractivity contribution in [3.8, 4) is 11.5 Å². The minimum atomic E-state index is -0.394. The second kappa shape index (κ2) is 7.40. The van der Waals surface area contributed by atoms with E-state index in [4.69, 9.17) is 9.15 Å². The van der Waals surface area contributed by atoms with E-state index in [-0.39, 0.29) is 5.75 Å². The molecular formula is C20H22NO4+. The van der Waals surface area contributed by atoms with Gasteiger partial charge in [0, 0.05) is 29.0 Å². The van der Waals surface area contributed by atoms with Gasteiger partial charge in [0.15, 0.2) is 0 Å². The average molecular weight is 340 g/mol. The van der Waals surface area contributed by atoms with E-state index in [9.17, 15) is 9.90 Å². The number of rotatable bonds is 6. The third-order valence-corrected chi connectivity index (χ3v) is 4.39. The quantitative estimate of drug-likeness (QED) is 0.532. The van der Waals surface area contributed by atoms with E-state index in [1.807, 2.05) is 18.2 Å². The smallest absolute Gasteiger partial charge is 0.336 e. The average Bonchev–Trinajstić information content (AvgIpc) is 2.62. The van der Waals surface area contributed by atoms with Gasteiger partial charge in [-0.2, -0.15) is 0 Å². The number of benzene rings is 2. The van der Waals surface area contributed by atoms with Crippen LogP contribution in [0, 0.1) is 6.92 Å². The molecule has 0 spiro atoms. The Bertz CT molecular complexity index is 946. The molecule has 0 radical (unpaired) electrons. The molecular weight excluding hydrogens is 318 g/mol. The zero-order valence-electron chi connectivity index (χ0n) is 14.4. The number of aryl methyl sites for hydroxylation is 1. The van der Waals surface area contributed by atoms with Crippen molar-refractivity contribution in [3.05, 3.63) is 69.6 Å². The van der Waals surface area contributed by atoms with E-state index >= 15 is 0 Å². The van der Waals surface area contributed by atoms with Crippen LogP contribution in [0.5, 0.6) is 11.5 Å². The summed E-state index contributed by atoms with van der Waals surface area (Å²) in [6.45, 7) is 3.29. The molecule has 0 amide bonds. The minimum absolute atomic E-state index is 0.132. The van der Waals surface area contributed by atoms with E-state index in [0.717, 1.165) is 29.7 Å². The predicted octanol–water partition coefficient (Wildman–Crippen LogP) is 2.12. The molecule has 0 atom stereocenters. The molecule has 5 nitrogen and oxygen atoms in total. The minimum Gasteiger partial charge on any atom is -0.508 e. The number of phenolic OH excluding ortho intramolecular Hbond substituents is 1. The normalized spacial score (nSPS) is 11.0. The van der Waals surface area contributed by atoms with Gasteiger partial charge < -0.3 is 19.6 Å². The van der Waals surface area contributed by atoms with Crippen LogP contribution in [-0.4, -0.2) is 18.8 Å². The van der Waals surface area contributed by atoms with E-state index in [1.54, 1.807) is 26.2 Å². The van der Waals surface area contributed by atoms with Crippen LogP contribution in [0.1, 0.15) is 16.7 Å². The Kier molecular flexibility index (Phi) is 5.05. The Morgan fingerprint density at radius 2 is 1.96 bits per heavy atom. The van der Waals surface area contributed by atoms with Crippen LogP contribution in [0.3, 0.4) is 0 Å². The number of hydrogen-bond donors (Lipinski definition) is 2. The van der Waals surface area contributed by atoms with Gasteiger partial charge in [0.25, 0.3) is 0 Å². The molecule has 0 fully saturated rings. The van der Waals surface area contributed by atoms with Crippen LogP contribution in [0.2, 0.25) is 0 Å². The van der Waals surface area contributed by atoms with Crippen molar-refractivity contribution in [2.45, 2.75) is 19.9 Å². The first-order valence-corrected chi connectivity index (χ1v) is 8.29. The van der Waals surface area contributed by atoms with E-state index in [1.165, 1.54) is 11.6 Å². The standard InChI is InChI=1S/C20H21NO4/c1-13-17(22)8-7-16-15(11-19(23)25-20(13)16)12-21-10-9-14-5-3-4-6-18(14)24-2/h3-8,11,21-22H,9-10,12H2,1-2H3/p+1. The van der Waals surface area contributed by atoms with Gasteiger partial charge in [-0.3, -0.25) is 0 Å². The number of hydrogen-bond acceptors (Lipinski definition) is 4. The Morgan fingerprint density at radius 3 is 2.76 bits per heavy atom. The number of methoxy groups -OCH3 is 1. The first kappa shape index (κ1) is 17.0. The summed E-state index contributed by atoms with van der Waals surface area (Å²) < 4.78 is 10.6. The summed E-state index contributed by atoms with van der Waals surface area (Å²) in [5.41, 5.74) is 2.73. The number of para-hydroxylation sites is 1. The molecule has 0 unspecified atom stereocenters.